The third kappa shape index (κ3) is 1.60. The molecule has 1 fully saturated rings. The molecule has 0 bridgehead atoms. The van der Waals surface area contributed by atoms with Gasteiger partial charge in [-0.2, -0.15) is 0 Å². The van der Waals surface area contributed by atoms with Crippen molar-refractivity contribution in [3.63, 3.8) is 0 Å². The Morgan fingerprint density at radius 1 is 0.786 bits per heavy atom. The van der Waals surface area contributed by atoms with E-state index in [9.17, 15) is 20.4 Å². The molecule has 0 aromatic heterocycles. The van der Waals surface area contributed by atoms with Crippen LogP contribution in [0.25, 0.3) is 0 Å². The van der Waals surface area contributed by atoms with Crippen molar-refractivity contribution in [2.45, 2.75) is 30.5 Å². The van der Waals surface area contributed by atoms with Crippen molar-refractivity contribution in [1.82, 2.24) is 0 Å². The Morgan fingerprint density at radius 2 is 1.07 bits per heavy atom. The van der Waals surface area contributed by atoms with Crippen LogP contribution in [0.5, 0.6) is 0 Å². The zero-order valence-corrected chi connectivity index (χ0v) is 7.28. The first kappa shape index (κ1) is 11.3. The van der Waals surface area contributed by atoms with Crippen molar-refractivity contribution in [3.8, 4) is 0 Å². The highest BCUT2D eigenvalue weighted by Crippen LogP contribution is 2.26. The molecule has 0 amide bonds. The molecule has 8 N–H and O–H groups in total. The summed E-state index contributed by atoms with van der Waals surface area (Å²) < 4.78 is 0. The minimum Gasteiger partial charge on any atom is -0.389 e. The van der Waals surface area contributed by atoms with E-state index >= 15 is 0 Å². The third-order valence-corrected chi connectivity index (χ3v) is 2.49. The number of aliphatic hydroxyl groups is 5. The van der Waals surface area contributed by atoms with E-state index in [-0.39, 0.29) is 0 Å². The summed E-state index contributed by atoms with van der Waals surface area (Å²) in [6.07, 6.45) is -8.00. The van der Waals surface area contributed by atoms with Gasteiger partial charge in [-0.1, -0.05) is 0 Å². The molecule has 0 spiro atoms. The van der Waals surface area contributed by atoms with Crippen molar-refractivity contribution in [2.24, 2.45) is 11.7 Å². The molecule has 0 radical (unpaired) electrons. The molecule has 7 nitrogen and oxygen atoms in total. The van der Waals surface area contributed by atoms with Gasteiger partial charge >= 0.3 is 0 Å². The second kappa shape index (κ2) is 3.79. The quantitative estimate of drug-likeness (QED) is 0.174. The van der Waals surface area contributed by atoms with Crippen LogP contribution in [-0.2, 0) is 0 Å². The molecule has 82 valence electrons. The Bertz CT molecular complexity index is 220. The molecular formula is C7H14N2O5. The lowest BCUT2D eigenvalue weighted by Crippen LogP contribution is -2.63. The van der Waals surface area contributed by atoms with Gasteiger partial charge in [-0.25, -0.2) is 0 Å². The van der Waals surface area contributed by atoms with E-state index in [1.165, 1.54) is 0 Å². The van der Waals surface area contributed by atoms with E-state index < -0.39 is 42.3 Å². The average Bonchev–Trinajstić information content (AvgIpc) is 2.11. The van der Waals surface area contributed by atoms with Crippen LogP contribution >= 0.6 is 0 Å². The second-order valence-corrected chi connectivity index (χ2v) is 3.43. The van der Waals surface area contributed by atoms with Gasteiger partial charge in [-0.05, 0) is 0 Å². The van der Waals surface area contributed by atoms with Gasteiger partial charge in [0.25, 0.3) is 0 Å². The highest BCUT2D eigenvalue weighted by Gasteiger charge is 2.49. The molecule has 1 rings (SSSR count). The average molecular weight is 206 g/mol. The second-order valence-electron chi connectivity index (χ2n) is 3.43. The summed E-state index contributed by atoms with van der Waals surface area (Å²) >= 11 is 0. The fourth-order valence-corrected chi connectivity index (χ4v) is 1.60. The summed E-state index contributed by atoms with van der Waals surface area (Å²) in [6, 6.07) is 0. The third-order valence-electron chi connectivity index (χ3n) is 2.49. The van der Waals surface area contributed by atoms with Crippen molar-refractivity contribution in [3.05, 3.63) is 0 Å². The first-order valence-electron chi connectivity index (χ1n) is 4.12. The fraction of sp³-hybridized carbons (Fsp3) is 0.857. The molecule has 6 atom stereocenters. The van der Waals surface area contributed by atoms with Crippen molar-refractivity contribution in [1.29, 1.82) is 5.41 Å². The highest BCUT2D eigenvalue weighted by atomic mass is 16.4. The molecule has 2 unspecified atom stereocenters. The summed E-state index contributed by atoms with van der Waals surface area (Å²) in [5, 5.41) is 53.4. The van der Waals surface area contributed by atoms with Gasteiger partial charge in [0.1, 0.15) is 18.3 Å². The Morgan fingerprint density at radius 3 is 1.36 bits per heavy atom. The lowest BCUT2D eigenvalue weighted by molar-refractivity contribution is -0.190. The zero-order valence-electron chi connectivity index (χ0n) is 7.28. The standard InChI is InChI=1S/C7H14N2O5/c8-7(9)1-2(10)4(12)6(14)5(13)3(1)11/h1-6,10-14H,(H3,8,9)/t1?,2-,3-,4-,5+,6?/m0/s1. The molecule has 0 aromatic rings. The zero-order chi connectivity index (χ0) is 11.0. The van der Waals surface area contributed by atoms with Crippen molar-refractivity contribution in [2.75, 3.05) is 0 Å². The Hall–Kier alpha value is -0.730. The van der Waals surface area contributed by atoms with Crippen molar-refractivity contribution < 1.29 is 25.5 Å². The molecule has 0 aromatic carbocycles. The lowest BCUT2D eigenvalue weighted by Gasteiger charge is -2.41. The first-order valence-corrected chi connectivity index (χ1v) is 4.12. The van der Waals surface area contributed by atoms with Gasteiger partial charge in [0.15, 0.2) is 0 Å². The smallest absolute Gasteiger partial charge is 0.111 e. The molecule has 14 heavy (non-hydrogen) atoms. The minimum atomic E-state index is -1.64. The van der Waals surface area contributed by atoms with Crippen molar-refractivity contribution >= 4 is 5.84 Å². The predicted octanol–water partition coefficient (Wildman–Crippen LogP) is -3.64. The van der Waals surface area contributed by atoms with Crippen LogP contribution in [0.15, 0.2) is 0 Å². The predicted molar refractivity (Wildman–Crippen MR) is 45.4 cm³/mol. The maximum absolute atomic E-state index is 9.36. The van der Waals surface area contributed by atoms with Gasteiger partial charge in [-0.3, -0.25) is 5.41 Å². The van der Waals surface area contributed by atoms with Crippen LogP contribution in [0.4, 0.5) is 0 Å². The number of amidine groups is 1. The minimum absolute atomic E-state index is 0.546. The van der Waals surface area contributed by atoms with Crippen LogP contribution in [0.3, 0.4) is 0 Å². The Kier molecular flexibility index (Phi) is 3.07. The van der Waals surface area contributed by atoms with E-state index in [4.69, 9.17) is 16.2 Å². The van der Waals surface area contributed by atoms with Crippen LogP contribution in [-0.4, -0.2) is 61.9 Å². The number of nitrogens with one attached hydrogen (secondary N) is 1. The van der Waals surface area contributed by atoms with Gasteiger partial charge in [-0.15, -0.1) is 0 Å². The molecule has 1 aliphatic carbocycles. The van der Waals surface area contributed by atoms with E-state index in [0.29, 0.717) is 0 Å². The molecular weight excluding hydrogens is 192 g/mol. The SMILES string of the molecule is N=C(N)C1[C@H](O)[C@H](O)C(O)[C@H](O)[C@H]1O. The lowest BCUT2D eigenvalue weighted by atomic mass is 9.78. The van der Waals surface area contributed by atoms with Gasteiger partial charge in [0, 0.05) is 0 Å². The molecule has 0 aliphatic heterocycles. The summed E-state index contributed by atoms with van der Waals surface area (Å²) in [5.41, 5.74) is 5.08. The van der Waals surface area contributed by atoms with E-state index in [2.05, 4.69) is 0 Å². The number of aliphatic hydroxyl groups excluding tert-OH is 5. The van der Waals surface area contributed by atoms with E-state index in [1.807, 2.05) is 0 Å². The van der Waals surface area contributed by atoms with Gasteiger partial charge in [0.05, 0.1) is 24.0 Å². The molecule has 7 heteroatoms. The summed E-state index contributed by atoms with van der Waals surface area (Å²) in [6.45, 7) is 0. The maximum atomic E-state index is 9.36. The highest BCUT2D eigenvalue weighted by molar-refractivity contribution is 5.81. The Balaban J connectivity index is 2.92. The monoisotopic (exact) mass is 206 g/mol. The van der Waals surface area contributed by atoms with E-state index in [1.54, 1.807) is 0 Å². The largest absolute Gasteiger partial charge is 0.389 e. The molecule has 0 saturated heterocycles. The normalized spacial score (nSPS) is 48.9. The first-order chi connectivity index (χ1) is 6.37. The van der Waals surface area contributed by atoms with E-state index in [0.717, 1.165) is 0 Å². The number of rotatable bonds is 1. The fourth-order valence-electron chi connectivity index (χ4n) is 1.60. The topological polar surface area (TPSA) is 151 Å². The molecule has 1 aliphatic rings. The number of hydrogen-bond acceptors (Lipinski definition) is 6. The Labute approximate surface area is 79.9 Å². The number of hydrogen-bond donors (Lipinski definition) is 7. The summed E-state index contributed by atoms with van der Waals surface area (Å²) in [4.78, 5) is 0. The molecule has 1 saturated carbocycles. The van der Waals surface area contributed by atoms with Gasteiger partial charge in [0.2, 0.25) is 0 Å². The summed E-state index contributed by atoms with van der Waals surface area (Å²) in [7, 11) is 0. The van der Waals surface area contributed by atoms with Crippen LogP contribution in [0, 0.1) is 11.3 Å². The van der Waals surface area contributed by atoms with Crippen LogP contribution in [0.2, 0.25) is 0 Å². The van der Waals surface area contributed by atoms with Gasteiger partial charge < -0.3 is 31.3 Å². The molecule has 0 heterocycles. The maximum Gasteiger partial charge on any atom is 0.111 e. The van der Waals surface area contributed by atoms with Crippen LogP contribution in [0.1, 0.15) is 0 Å². The van der Waals surface area contributed by atoms with Crippen LogP contribution < -0.4 is 5.73 Å². The number of nitrogens with two attached hydrogens (primary N) is 1. The summed E-state index contributed by atoms with van der Waals surface area (Å²) in [5.74, 6) is -1.81.